The van der Waals surface area contributed by atoms with Crippen LogP contribution in [0.25, 0.3) is 0 Å². The van der Waals surface area contributed by atoms with Gasteiger partial charge in [0.2, 0.25) is 0 Å². The van der Waals surface area contributed by atoms with Gasteiger partial charge in [-0.2, -0.15) is 0 Å². The van der Waals surface area contributed by atoms with E-state index in [0.717, 1.165) is 18.3 Å². The first-order valence-corrected chi connectivity index (χ1v) is 10.4. The van der Waals surface area contributed by atoms with Crippen LogP contribution < -0.4 is 5.46 Å². The molecular formula is C18H28BN3O5S. The molecule has 0 radical (unpaired) electrons. The minimum Gasteiger partial charge on any atom is -0.399 e. The zero-order valence-electron chi connectivity index (χ0n) is 16.8. The fourth-order valence-electron chi connectivity index (χ4n) is 3.16. The largest absolute Gasteiger partial charge is 0.498 e. The number of amides is 1. The van der Waals surface area contributed by atoms with Gasteiger partial charge in [-0.25, -0.2) is 9.97 Å². The summed E-state index contributed by atoms with van der Waals surface area (Å²) in [6, 6.07) is 0. The zero-order valence-corrected chi connectivity index (χ0v) is 17.6. The first-order chi connectivity index (χ1) is 13.1. The third-order valence-corrected chi connectivity index (χ3v) is 6.73. The average molecular weight is 409 g/mol. The molecule has 1 aromatic rings. The second-order valence-corrected chi connectivity index (χ2v) is 9.52. The van der Waals surface area contributed by atoms with Crippen molar-refractivity contribution < 1.29 is 24.3 Å². The summed E-state index contributed by atoms with van der Waals surface area (Å²) in [5.74, 6) is -0.426. The maximum Gasteiger partial charge on any atom is 0.498 e. The summed E-state index contributed by atoms with van der Waals surface area (Å²) < 4.78 is 12.0. The summed E-state index contributed by atoms with van der Waals surface area (Å²) >= 11 is 1.51. The second kappa shape index (κ2) is 8.27. The smallest absolute Gasteiger partial charge is 0.399 e. The second-order valence-electron chi connectivity index (χ2n) is 8.25. The predicted octanol–water partition coefficient (Wildman–Crippen LogP) is 0.212. The molecule has 2 aliphatic rings. The Labute approximate surface area is 170 Å². The van der Waals surface area contributed by atoms with E-state index in [1.165, 1.54) is 11.8 Å². The van der Waals surface area contributed by atoms with Crippen LogP contribution in [-0.4, -0.2) is 80.4 Å². The van der Waals surface area contributed by atoms with Gasteiger partial charge in [0.1, 0.15) is 0 Å². The van der Waals surface area contributed by atoms with Gasteiger partial charge < -0.3 is 24.4 Å². The lowest BCUT2D eigenvalue weighted by Crippen LogP contribution is -2.46. The number of aliphatic hydroxyl groups excluding tert-OH is 2. The summed E-state index contributed by atoms with van der Waals surface area (Å²) in [6.07, 6.45) is 3.87. The van der Waals surface area contributed by atoms with Crippen molar-refractivity contribution >= 4 is 30.3 Å². The van der Waals surface area contributed by atoms with Crippen LogP contribution in [0.4, 0.5) is 0 Å². The number of hydrogen-bond donors (Lipinski definition) is 2. The first kappa shape index (κ1) is 21.5. The van der Waals surface area contributed by atoms with Gasteiger partial charge in [-0.15, -0.1) is 0 Å². The van der Waals surface area contributed by atoms with Crippen molar-refractivity contribution in [3.63, 3.8) is 0 Å². The summed E-state index contributed by atoms with van der Waals surface area (Å²) in [5, 5.41) is 19.3. The minimum atomic E-state index is -1.35. The fourth-order valence-corrected chi connectivity index (χ4v) is 4.22. The Bertz CT molecular complexity index is 687. The van der Waals surface area contributed by atoms with E-state index in [-0.39, 0.29) is 5.25 Å². The van der Waals surface area contributed by atoms with Crippen LogP contribution in [0.3, 0.4) is 0 Å². The lowest BCUT2D eigenvalue weighted by atomic mass is 9.81. The molecule has 10 heteroatoms. The molecule has 1 aromatic heterocycles. The number of hydrogen-bond acceptors (Lipinski definition) is 8. The van der Waals surface area contributed by atoms with E-state index in [1.54, 1.807) is 17.3 Å². The van der Waals surface area contributed by atoms with Crippen molar-refractivity contribution in [1.29, 1.82) is 0 Å². The third kappa shape index (κ3) is 4.51. The highest BCUT2D eigenvalue weighted by Gasteiger charge is 2.52. The quantitative estimate of drug-likeness (QED) is 0.526. The number of piperidine rings is 1. The van der Waals surface area contributed by atoms with Gasteiger partial charge in [0.05, 0.1) is 17.8 Å². The zero-order chi connectivity index (χ0) is 20.5. The number of aliphatic hydroxyl groups is 2. The molecular weight excluding hydrogens is 381 g/mol. The summed E-state index contributed by atoms with van der Waals surface area (Å²) in [5.41, 5.74) is -0.0560. The predicted molar refractivity (Wildman–Crippen MR) is 106 cm³/mol. The molecule has 0 spiro atoms. The number of nitrogens with zero attached hydrogens (tertiary/aromatic N) is 3. The number of rotatable bonds is 5. The number of thioether (sulfide) groups is 1. The molecule has 2 N–H and O–H groups in total. The average Bonchev–Trinajstić information content (AvgIpc) is 2.88. The molecule has 28 heavy (non-hydrogen) atoms. The fraction of sp³-hybridized carbons (Fsp3) is 0.722. The van der Waals surface area contributed by atoms with Crippen molar-refractivity contribution in [2.24, 2.45) is 0 Å². The Kier molecular flexibility index (Phi) is 6.36. The maximum absolute atomic E-state index is 12.1. The van der Waals surface area contributed by atoms with E-state index >= 15 is 0 Å². The molecule has 2 aliphatic heterocycles. The monoisotopic (exact) mass is 409 g/mol. The lowest BCUT2D eigenvalue weighted by molar-refractivity contribution is -0.142. The van der Waals surface area contributed by atoms with Crippen LogP contribution in [0.15, 0.2) is 17.6 Å². The molecule has 3 heterocycles. The standard InChI is InChI=1S/C18H28BN3O5S/c1-17(2)18(3,4)27-19(26-17)12-8-20-16(21-9-12)28-13-6-5-7-22(10-13)15(25)14(24)11-23/h8-9,13-14,23-24H,5-7,10-11H2,1-4H3/t13-,14?/m0/s1. The summed E-state index contributed by atoms with van der Waals surface area (Å²) in [4.78, 5) is 22.5. The van der Waals surface area contributed by atoms with Crippen molar-refractivity contribution in [2.45, 2.75) is 68.2 Å². The Morgan fingerprint density at radius 3 is 2.50 bits per heavy atom. The molecule has 1 unspecified atom stereocenters. The molecule has 8 nitrogen and oxygen atoms in total. The van der Waals surface area contributed by atoms with E-state index < -0.39 is 36.9 Å². The minimum absolute atomic E-state index is 0.145. The highest BCUT2D eigenvalue weighted by atomic mass is 32.2. The number of likely N-dealkylation sites (tertiary alicyclic amines) is 1. The summed E-state index contributed by atoms with van der Waals surface area (Å²) in [7, 11) is -0.494. The van der Waals surface area contributed by atoms with Crippen molar-refractivity contribution in [1.82, 2.24) is 14.9 Å². The SMILES string of the molecule is CC1(C)OB(c2cnc(S[C@H]3CCCN(C(=O)C(O)CO)C3)nc2)OC1(C)C. The van der Waals surface area contributed by atoms with Gasteiger partial charge in [0, 0.05) is 36.2 Å². The van der Waals surface area contributed by atoms with Crippen LogP contribution in [0.2, 0.25) is 0 Å². The summed E-state index contributed by atoms with van der Waals surface area (Å²) in [6.45, 7) is 8.54. The van der Waals surface area contributed by atoms with Crippen molar-refractivity contribution in [3.05, 3.63) is 12.4 Å². The van der Waals surface area contributed by atoms with Crippen LogP contribution in [0, 0.1) is 0 Å². The van der Waals surface area contributed by atoms with Crippen molar-refractivity contribution in [2.75, 3.05) is 19.7 Å². The number of carbonyl (C=O) groups excluding carboxylic acids is 1. The molecule has 0 bridgehead atoms. The Hall–Kier alpha value is -1.20. The van der Waals surface area contributed by atoms with E-state index in [1.807, 2.05) is 27.7 Å². The van der Waals surface area contributed by atoms with E-state index in [4.69, 9.17) is 14.4 Å². The molecule has 0 aliphatic carbocycles. The highest BCUT2D eigenvalue weighted by Crippen LogP contribution is 2.36. The van der Waals surface area contributed by atoms with E-state index in [9.17, 15) is 9.90 Å². The molecule has 0 saturated carbocycles. The third-order valence-electron chi connectivity index (χ3n) is 5.59. The van der Waals surface area contributed by atoms with Gasteiger partial charge in [-0.1, -0.05) is 11.8 Å². The maximum atomic E-state index is 12.1. The lowest BCUT2D eigenvalue weighted by Gasteiger charge is -2.33. The molecule has 2 atom stereocenters. The van der Waals surface area contributed by atoms with Gasteiger partial charge in [0.25, 0.3) is 5.91 Å². The Morgan fingerprint density at radius 1 is 1.32 bits per heavy atom. The molecule has 1 amide bonds. The molecule has 154 valence electrons. The highest BCUT2D eigenvalue weighted by molar-refractivity contribution is 7.99. The molecule has 2 saturated heterocycles. The number of aromatic nitrogens is 2. The van der Waals surface area contributed by atoms with Gasteiger partial charge in [-0.05, 0) is 40.5 Å². The molecule has 2 fully saturated rings. The Morgan fingerprint density at radius 2 is 1.93 bits per heavy atom. The molecule has 3 rings (SSSR count). The van der Waals surface area contributed by atoms with Gasteiger partial charge in [0.15, 0.2) is 11.3 Å². The van der Waals surface area contributed by atoms with Gasteiger partial charge in [-0.3, -0.25) is 4.79 Å². The topological polar surface area (TPSA) is 105 Å². The van der Waals surface area contributed by atoms with Crippen LogP contribution in [-0.2, 0) is 14.1 Å². The first-order valence-electron chi connectivity index (χ1n) is 9.55. The van der Waals surface area contributed by atoms with E-state index in [0.29, 0.717) is 18.2 Å². The van der Waals surface area contributed by atoms with E-state index in [2.05, 4.69) is 9.97 Å². The number of carbonyl (C=O) groups is 1. The Balaban J connectivity index is 1.60. The van der Waals surface area contributed by atoms with Crippen molar-refractivity contribution in [3.8, 4) is 0 Å². The van der Waals surface area contributed by atoms with Crippen LogP contribution in [0.5, 0.6) is 0 Å². The molecule has 0 aromatic carbocycles. The normalized spacial score (nSPS) is 25.0. The van der Waals surface area contributed by atoms with Gasteiger partial charge >= 0.3 is 7.12 Å². The van der Waals surface area contributed by atoms with Crippen LogP contribution in [0.1, 0.15) is 40.5 Å². The van der Waals surface area contributed by atoms with Crippen LogP contribution >= 0.6 is 11.8 Å².